The molecule has 23 heavy (non-hydrogen) atoms. The highest BCUT2D eigenvalue weighted by atomic mass is 16.5. The number of hydrogen-bond donors (Lipinski definition) is 1. The van der Waals surface area contributed by atoms with Gasteiger partial charge in [0.25, 0.3) is 0 Å². The lowest BCUT2D eigenvalue weighted by atomic mass is 10.00. The number of ether oxygens (including phenoxy) is 1. The van der Waals surface area contributed by atoms with Gasteiger partial charge in [-0.1, -0.05) is 31.2 Å². The molecule has 1 saturated heterocycles. The number of hydrogen-bond acceptors (Lipinski definition) is 3. The third kappa shape index (κ3) is 4.12. The van der Waals surface area contributed by atoms with Gasteiger partial charge in [0.15, 0.2) is 0 Å². The summed E-state index contributed by atoms with van der Waals surface area (Å²) < 4.78 is 5.76. The van der Waals surface area contributed by atoms with Crippen LogP contribution in [-0.2, 0) is 22.5 Å². The monoisotopic (exact) mass is 316 g/mol. The number of amides is 1. The third-order valence-electron chi connectivity index (χ3n) is 5.08. The Hall–Kier alpha value is -1.39. The molecule has 1 aromatic carbocycles. The van der Waals surface area contributed by atoms with Crippen LogP contribution in [0.25, 0.3) is 0 Å². The van der Waals surface area contributed by atoms with E-state index in [4.69, 9.17) is 4.74 Å². The minimum Gasteiger partial charge on any atom is -0.377 e. The molecule has 2 heterocycles. The third-order valence-corrected chi connectivity index (χ3v) is 5.08. The van der Waals surface area contributed by atoms with Gasteiger partial charge < -0.3 is 15.0 Å². The number of rotatable bonds is 6. The van der Waals surface area contributed by atoms with E-state index in [9.17, 15) is 4.79 Å². The zero-order valence-corrected chi connectivity index (χ0v) is 14.1. The quantitative estimate of drug-likeness (QED) is 0.877. The summed E-state index contributed by atoms with van der Waals surface area (Å²) in [6.07, 6.45) is 5.23. The number of carbonyl (C=O) groups is 1. The summed E-state index contributed by atoms with van der Waals surface area (Å²) in [7, 11) is 0. The first-order valence-electron chi connectivity index (χ1n) is 8.97. The average molecular weight is 316 g/mol. The predicted octanol–water partition coefficient (Wildman–Crippen LogP) is 2.51. The van der Waals surface area contributed by atoms with Gasteiger partial charge in [-0.25, -0.2) is 0 Å². The van der Waals surface area contributed by atoms with Crippen molar-refractivity contribution in [3.63, 3.8) is 0 Å². The van der Waals surface area contributed by atoms with Gasteiger partial charge in [-0.05, 0) is 36.8 Å². The molecule has 0 aliphatic carbocycles. The molecule has 4 nitrogen and oxygen atoms in total. The first-order valence-corrected chi connectivity index (χ1v) is 8.97. The minimum atomic E-state index is 0.259. The Labute approximate surface area is 139 Å². The molecular weight excluding hydrogens is 288 g/mol. The maximum Gasteiger partial charge on any atom is 0.224 e. The first kappa shape index (κ1) is 16.5. The molecule has 1 amide bonds. The molecule has 2 atom stereocenters. The van der Waals surface area contributed by atoms with Crippen molar-refractivity contribution < 1.29 is 9.53 Å². The van der Waals surface area contributed by atoms with E-state index in [0.717, 1.165) is 51.9 Å². The molecule has 0 aromatic heterocycles. The fraction of sp³-hybridized carbons (Fsp3) is 0.632. The minimum absolute atomic E-state index is 0.259. The van der Waals surface area contributed by atoms with Gasteiger partial charge in [-0.3, -0.25) is 4.79 Å². The van der Waals surface area contributed by atoms with Crippen molar-refractivity contribution in [3.8, 4) is 0 Å². The first-order chi connectivity index (χ1) is 11.3. The summed E-state index contributed by atoms with van der Waals surface area (Å²) in [4.78, 5) is 14.5. The molecule has 1 N–H and O–H groups in total. The summed E-state index contributed by atoms with van der Waals surface area (Å²) in [5.41, 5.74) is 2.69. The molecule has 2 aliphatic rings. The van der Waals surface area contributed by atoms with Crippen LogP contribution < -0.4 is 5.32 Å². The summed E-state index contributed by atoms with van der Waals surface area (Å²) in [5.74, 6) is 0.259. The zero-order chi connectivity index (χ0) is 16.1. The van der Waals surface area contributed by atoms with Gasteiger partial charge in [0.2, 0.25) is 5.91 Å². The van der Waals surface area contributed by atoms with Crippen molar-refractivity contribution in [3.05, 3.63) is 35.4 Å². The molecule has 1 fully saturated rings. The van der Waals surface area contributed by atoms with E-state index in [1.54, 1.807) is 0 Å². The van der Waals surface area contributed by atoms with Crippen molar-refractivity contribution in [2.75, 3.05) is 19.7 Å². The van der Waals surface area contributed by atoms with Crippen LogP contribution in [0.15, 0.2) is 24.3 Å². The fourth-order valence-corrected chi connectivity index (χ4v) is 3.69. The van der Waals surface area contributed by atoms with E-state index >= 15 is 0 Å². The SMILES string of the molecule is CCC(NCCC(=O)N1CCc2ccccc2C1)C1CCCO1. The van der Waals surface area contributed by atoms with Gasteiger partial charge in [0.05, 0.1) is 6.10 Å². The van der Waals surface area contributed by atoms with Crippen molar-refractivity contribution in [1.29, 1.82) is 0 Å². The van der Waals surface area contributed by atoms with Crippen LogP contribution in [0, 0.1) is 0 Å². The lowest BCUT2D eigenvalue weighted by molar-refractivity contribution is -0.132. The molecule has 2 unspecified atom stereocenters. The molecule has 0 spiro atoms. The Morgan fingerprint density at radius 2 is 2.22 bits per heavy atom. The van der Waals surface area contributed by atoms with E-state index in [-0.39, 0.29) is 5.91 Å². The van der Waals surface area contributed by atoms with Crippen molar-refractivity contribution in [2.24, 2.45) is 0 Å². The van der Waals surface area contributed by atoms with Gasteiger partial charge in [-0.2, -0.15) is 0 Å². The summed E-state index contributed by atoms with van der Waals surface area (Å²) in [5, 5.41) is 3.53. The van der Waals surface area contributed by atoms with Crippen LogP contribution in [0.2, 0.25) is 0 Å². The van der Waals surface area contributed by atoms with E-state index in [2.05, 4.69) is 36.5 Å². The molecule has 126 valence electrons. The van der Waals surface area contributed by atoms with Crippen molar-refractivity contribution in [2.45, 2.75) is 57.7 Å². The highest BCUT2D eigenvalue weighted by Crippen LogP contribution is 2.19. The van der Waals surface area contributed by atoms with Crippen LogP contribution in [-0.4, -0.2) is 42.6 Å². The summed E-state index contributed by atoms with van der Waals surface area (Å²) in [6.45, 7) is 5.42. The van der Waals surface area contributed by atoms with Crippen molar-refractivity contribution >= 4 is 5.91 Å². The highest BCUT2D eigenvalue weighted by molar-refractivity contribution is 5.76. The maximum atomic E-state index is 12.5. The standard InChI is InChI=1S/C19H28N2O2/c1-2-17(18-8-5-13-23-18)20-11-9-19(22)21-12-10-15-6-3-4-7-16(15)14-21/h3-4,6-7,17-18,20H,2,5,8-14H2,1H3. The number of nitrogens with one attached hydrogen (secondary N) is 1. The normalized spacial score (nSPS) is 22.0. The highest BCUT2D eigenvalue weighted by Gasteiger charge is 2.25. The van der Waals surface area contributed by atoms with Gasteiger partial charge in [0, 0.05) is 38.7 Å². The van der Waals surface area contributed by atoms with Crippen LogP contribution in [0.5, 0.6) is 0 Å². The lowest BCUT2D eigenvalue weighted by Gasteiger charge is -2.29. The average Bonchev–Trinajstić information content (AvgIpc) is 3.12. The Balaban J connectivity index is 1.44. The Morgan fingerprint density at radius 1 is 1.39 bits per heavy atom. The number of carbonyl (C=O) groups excluding carboxylic acids is 1. The van der Waals surface area contributed by atoms with Crippen LogP contribution in [0.1, 0.15) is 43.7 Å². The van der Waals surface area contributed by atoms with E-state index < -0.39 is 0 Å². The molecule has 0 saturated carbocycles. The lowest BCUT2D eigenvalue weighted by Crippen LogP contribution is -2.42. The largest absolute Gasteiger partial charge is 0.377 e. The topological polar surface area (TPSA) is 41.6 Å². The Bertz CT molecular complexity index is 526. The summed E-state index contributed by atoms with van der Waals surface area (Å²) >= 11 is 0. The molecule has 0 radical (unpaired) electrons. The predicted molar refractivity (Wildman–Crippen MR) is 91.2 cm³/mol. The molecule has 4 heteroatoms. The van der Waals surface area contributed by atoms with Crippen molar-refractivity contribution in [1.82, 2.24) is 10.2 Å². The Morgan fingerprint density at radius 3 is 2.96 bits per heavy atom. The fourth-order valence-electron chi connectivity index (χ4n) is 3.69. The molecule has 1 aromatic rings. The van der Waals surface area contributed by atoms with Crippen LogP contribution in [0.4, 0.5) is 0 Å². The Kier molecular flexibility index (Phi) is 5.68. The molecule has 0 bridgehead atoms. The second-order valence-corrected chi connectivity index (χ2v) is 6.60. The molecule has 2 aliphatic heterocycles. The van der Waals surface area contributed by atoms with Crippen LogP contribution >= 0.6 is 0 Å². The maximum absolute atomic E-state index is 12.5. The number of fused-ring (bicyclic) bond motifs is 1. The van der Waals surface area contributed by atoms with Gasteiger partial charge >= 0.3 is 0 Å². The van der Waals surface area contributed by atoms with Gasteiger partial charge in [0.1, 0.15) is 0 Å². The second kappa shape index (κ2) is 7.93. The number of benzene rings is 1. The molecular formula is C19H28N2O2. The smallest absolute Gasteiger partial charge is 0.224 e. The second-order valence-electron chi connectivity index (χ2n) is 6.60. The van der Waals surface area contributed by atoms with E-state index in [0.29, 0.717) is 18.6 Å². The molecule has 3 rings (SSSR count). The van der Waals surface area contributed by atoms with Crippen LogP contribution in [0.3, 0.4) is 0 Å². The van der Waals surface area contributed by atoms with E-state index in [1.165, 1.54) is 11.1 Å². The van der Waals surface area contributed by atoms with Gasteiger partial charge in [-0.15, -0.1) is 0 Å². The zero-order valence-electron chi connectivity index (χ0n) is 14.1. The van der Waals surface area contributed by atoms with E-state index in [1.807, 2.05) is 4.90 Å². The number of nitrogens with zero attached hydrogens (tertiary/aromatic N) is 1. The summed E-state index contributed by atoms with van der Waals surface area (Å²) in [6, 6.07) is 8.83.